The highest BCUT2D eigenvalue weighted by Crippen LogP contribution is 2.39. The van der Waals surface area contributed by atoms with Crippen molar-refractivity contribution in [3.8, 4) is 0 Å². The number of carbonyl (C=O) groups is 2. The molecule has 2 amide bonds. The summed E-state index contributed by atoms with van der Waals surface area (Å²) in [5.41, 5.74) is 2.56. The molecule has 6 heteroatoms. The molecule has 0 spiro atoms. The van der Waals surface area contributed by atoms with Crippen molar-refractivity contribution >= 4 is 35.0 Å². The van der Waals surface area contributed by atoms with Gasteiger partial charge in [-0.1, -0.05) is 54.2 Å². The van der Waals surface area contributed by atoms with Gasteiger partial charge in [0.25, 0.3) is 11.8 Å². The molecule has 0 saturated heterocycles. The third kappa shape index (κ3) is 3.62. The Labute approximate surface area is 178 Å². The molecule has 3 aromatic carbocycles. The van der Waals surface area contributed by atoms with Crippen molar-refractivity contribution in [1.29, 1.82) is 0 Å². The number of benzene rings is 3. The van der Waals surface area contributed by atoms with Crippen LogP contribution in [0.3, 0.4) is 0 Å². The molecule has 0 bridgehead atoms. The van der Waals surface area contributed by atoms with Crippen molar-refractivity contribution in [1.82, 2.24) is 0 Å². The highest BCUT2D eigenvalue weighted by molar-refractivity contribution is 8.04. The number of nitrogens with one attached hydrogen (secondary N) is 1. The van der Waals surface area contributed by atoms with Crippen LogP contribution >= 0.6 is 11.8 Å². The Morgan fingerprint density at radius 2 is 1.53 bits per heavy atom. The summed E-state index contributed by atoms with van der Waals surface area (Å²) in [4.78, 5) is 28.9. The molecule has 0 unspecified atom stereocenters. The third-order valence-electron chi connectivity index (χ3n) is 4.95. The van der Waals surface area contributed by atoms with Crippen molar-refractivity contribution in [3.63, 3.8) is 0 Å². The van der Waals surface area contributed by atoms with Crippen LogP contribution in [0, 0.1) is 19.7 Å². The molecule has 0 atom stereocenters. The fourth-order valence-electron chi connectivity index (χ4n) is 3.21. The molecule has 1 N–H and O–H groups in total. The lowest BCUT2D eigenvalue weighted by molar-refractivity contribution is -0.120. The van der Waals surface area contributed by atoms with Gasteiger partial charge in [-0.3, -0.25) is 9.59 Å². The number of amides is 2. The van der Waals surface area contributed by atoms with Crippen LogP contribution in [0.25, 0.3) is 0 Å². The van der Waals surface area contributed by atoms with Crippen LogP contribution in [0.1, 0.15) is 11.1 Å². The number of imide groups is 1. The molecule has 0 saturated carbocycles. The Morgan fingerprint density at radius 3 is 2.27 bits per heavy atom. The van der Waals surface area contributed by atoms with Crippen LogP contribution in [-0.4, -0.2) is 11.8 Å². The first-order valence-electron chi connectivity index (χ1n) is 9.41. The van der Waals surface area contributed by atoms with E-state index in [4.69, 9.17) is 0 Å². The largest absolute Gasteiger partial charge is 0.348 e. The first-order chi connectivity index (χ1) is 14.5. The predicted molar refractivity (Wildman–Crippen MR) is 118 cm³/mol. The Balaban J connectivity index is 1.80. The number of para-hydroxylation sites is 1. The quantitative estimate of drug-likeness (QED) is 0.561. The molecule has 0 radical (unpaired) electrons. The highest BCUT2D eigenvalue weighted by Gasteiger charge is 2.41. The smallest absolute Gasteiger partial charge is 0.283 e. The highest BCUT2D eigenvalue weighted by atomic mass is 32.2. The molecule has 4 nitrogen and oxygen atoms in total. The number of thioether (sulfide) groups is 1. The minimum Gasteiger partial charge on any atom is -0.348 e. The minimum absolute atomic E-state index is 0.0693. The van der Waals surface area contributed by atoms with E-state index in [1.165, 1.54) is 23.9 Å². The van der Waals surface area contributed by atoms with Crippen LogP contribution in [0.2, 0.25) is 0 Å². The van der Waals surface area contributed by atoms with Gasteiger partial charge in [0.15, 0.2) is 0 Å². The molecule has 1 aliphatic heterocycles. The maximum Gasteiger partial charge on any atom is 0.283 e. The topological polar surface area (TPSA) is 49.4 Å². The van der Waals surface area contributed by atoms with E-state index < -0.39 is 17.6 Å². The van der Waals surface area contributed by atoms with Gasteiger partial charge < -0.3 is 5.32 Å². The fourth-order valence-corrected chi connectivity index (χ4v) is 4.16. The lowest BCUT2D eigenvalue weighted by atomic mass is 10.1. The summed E-state index contributed by atoms with van der Waals surface area (Å²) in [6, 6.07) is 20.9. The fraction of sp³-hybridized carbons (Fsp3) is 0.0833. The standard InChI is InChI=1S/C24H19FN2O2S/c1-15-9-8-14-20(16(15)2)27-23(28)21(26-19-13-7-6-12-18(19)25)22(24(27)29)30-17-10-4-3-5-11-17/h3-14,26H,1-2H3. The molecule has 0 aliphatic carbocycles. The summed E-state index contributed by atoms with van der Waals surface area (Å²) in [6.07, 6.45) is 0. The third-order valence-corrected chi connectivity index (χ3v) is 6.05. The molecule has 150 valence electrons. The molecule has 4 rings (SSSR count). The second kappa shape index (κ2) is 8.16. The van der Waals surface area contributed by atoms with Crippen molar-refractivity contribution in [2.45, 2.75) is 18.7 Å². The van der Waals surface area contributed by atoms with Gasteiger partial charge in [-0.2, -0.15) is 0 Å². The maximum absolute atomic E-state index is 14.3. The zero-order chi connectivity index (χ0) is 21.3. The number of carbonyl (C=O) groups excluding carboxylic acids is 2. The Hall–Kier alpha value is -3.38. The van der Waals surface area contributed by atoms with Gasteiger partial charge >= 0.3 is 0 Å². The van der Waals surface area contributed by atoms with E-state index in [-0.39, 0.29) is 16.3 Å². The summed E-state index contributed by atoms with van der Waals surface area (Å²) >= 11 is 1.19. The van der Waals surface area contributed by atoms with Crippen molar-refractivity contribution < 1.29 is 14.0 Å². The van der Waals surface area contributed by atoms with E-state index in [0.717, 1.165) is 20.9 Å². The van der Waals surface area contributed by atoms with Gasteiger partial charge in [-0.05, 0) is 55.3 Å². The van der Waals surface area contributed by atoms with Crippen molar-refractivity contribution in [2.24, 2.45) is 0 Å². The Morgan fingerprint density at radius 1 is 0.833 bits per heavy atom. The normalized spacial score (nSPS) is 13.9. The number of hydrogen-bond acceptors (Lipinski definition) is 4. The summed E-state index contributed by atoms with van der Waals surface area (Å²) in [5.74, 6) is -1.43. The monoisotopic (exact) mass is 418 g/mol. The molecule has 30 heavy (non-hydrogen) atoms. The van der Waals surface area contributed by atoms with E-state index in [1.807, 2.05) is 56.3 Å². The molecule has 1 aliphatic rings. The Kier molecular flexibility index (Phi) is 5.42. The van der Waals surface area contributed by atoms with E-state index >= 15 is 0 Å². The summed E-state index contributed by atoms with van der Waals surface area (Å²) in [5, 5.41) is 2.87. The SMILES string of the molecule is Cc1cccc(N2C(=O)C(Nc3ccccc3F)=C(Sc3ccccc3)C2=O)c1C. The zero-order valence-electron chi connectivity index (χ0n) is 16.5. The molecule has 0 aromatic heterocycles. The van der Waals surface area contributed by atoms with Crippen LogP contribution in [0.4, 0.5) is 15.8 Å². The molecular weight excluding hydrogens is 399 g/mol. The number of halogens is 1. The number of rotatable bonds is 5. The van der Waals surface area contributed by atoms with Crippen LogP contribution < -0.4 is 10.2 Å². The van der Waals surface area contributed by atoms with Gasteiger partial charge in [0.1, 0.15) is 16.4 Å². The minimum atomic E-state index is -0.504. The average Bonchev–Trinajstić information content (AvgIpc) is 2.96. The Bertz CT molecular complexity index is 1170. The molecule has 0 fully saturated rings. The van der Waals surface area contributed by atoms with E-state index in [0.29, 0.717) is 5.69 Å². The van der Waals surface area contributed by atoms with Gasteiger partial charge in [-0.25, -0.2) is 9.29 Å². The van der Waals surface area contributed by atoms with Crippen molar-refractivity contribution in [3.05, 3.63) is 100 Å². The van der Waals surface area contributed by atoms with Crippen LogP contribution in [0.5, 0.6) is 0 Å². The average molecular weight is 418 g/mol. The number of anilines is 2. The lowest BCUT2D eigenvalue weighted by Crippen LogP contribution is -2.33. The summed E-state index contributed by atoms with van der Waals surface area (Å²) in [7, 11) is 0. The maximum atomic E-state index is 14.3. The van der Waals surface area contributed by atoms with E-state index in [9.17, 15) is 14.0 Å². The zero-order valence-corrected chi connectivity index (χ0v) is 17.3. The first-order valence-corrected chi connectivity index (χ1v) is 10.2. The van der Waals surface area contributed by atoms with Gasteiger partial charge in [-0.15, -0.1) is 0 Å². The second-order valence-electron chi connectivity index (χ2n) is 6.89. The molecule has 3 aromatic rings. The van der Waals surface area contributed by atoms with Crippen LogP contribution in [0.15, 0.2) is 88.3 Å². The molecular formula is C24H19FN2O2S. The summed E-state index contributed by atoms with van der Waals surface area (Å²) < 4.78 is 14.3. The van der Waals surface area contributed by atoms with Crippen molar-refractivity contribution in [2.75, 3.05) is 10.2 Å². The first kappa shape index (κ1) is 19.9. The lowest BCUT2D eigenvalue weighted by Gasteiger charge is -2.19. The van der Waals surface area contributed by atoms with E-state index in [1.54, 1.807) is 18.2 Å². The number of aryl methyl sites for hydroxylation is 1. The molecule has 1 heterocycles. The number of nitrogens with zero attached hydrogens (tertiary/aromatic N) is 1. The van der Waals surface area contributed by atoms with Gasteiger partial charge in [0.05, 0.1) is 11.4 Å². The van der Waals surface area contributed by atoms with Gasteiger partial charge in [0.2, 0.25) is 0 Å². The number of hydrogen-bond donors (Lipinski definition) is 1. The van der Waals surface area contributed by atoms with Crippen LogP contribution in [-0.2, 0) is 9.59 Å². The van der Waals surface area contributed by atoms with Gasteiger partial charge in [0, 0.05) is 4.90 Å². The second-order valence-corrected chi connectivity index (χ2v) is 7.97. The summed E-state index contributed by atoms with van der Waals surface area (Å²) in [6.45, 7) is 3.80. The predicted octanol–water partition coefficient (Wildman–Crippen LogP) is 5.43. The van der Waals surface area contributed by atoms with E-state index in [2.05, 4.69) is 5.32 Å².